The van der Waals surface area contributed by atoms with E-state index < -0.39 is 45.6 Å². The Labute approximate surface area is 165 Å². The number of halogens is 6. The maximum absolute atomic E-state index is 13.1. The number of nitrogens with zero attached hydrogens (tertiary/aromatic N) is 1. The Kier molecular flexibility index (Phi) is 4.88. The van der Waals surface area contributed by atoms with Crippen molar-refractivity contribution in [3.05, 3.63) is 68.4 Å². The molecular formula is C17H7Cl3F3NO3. The van der Waals surface area contributed by atoms with E-state index in [1.807, 2.05) is 0 Å². The van der Waals surface area contributed by atoms with Gasteiger partial charge in [-0.1, -0.05) is 40.9 Å². The maximum atomic E-state index is 13.1. The van der Waals surface area contributed by atoms with Crippen LogP contribution in [0.15, 0.2) is 42.2 Å². The minimum absolute atomic E-state index is 0.0147. The highest BCUT2D eigenvalue weighted by Crippen LogP contribution is 2.40. The van der Waals surface area contributed by atoms with Crippen LogP contribution in [0.5, 0.6) is 0 Å². The third kappa shape index (κ3) is 3.38. The van der Waals surface area contributed by atoms with Gasteiger partial charge < -0.3 is 5.11 Å². The predicted molar refractivity (Wildman–Crippen MR) is 95.0 cm³/mol. The number of anilines is 1. The first-order chi connectivity index (χ1) is 12.5. The van der Waals surface area contributed by atoms with Gasteiger partial charge in [-0.05, 0) is 30.3 Å². The number of aliphatic hydroxyl groups is 1. The number of aliphatic hydroxyl groups excluding tert-OH is 1. The molecule has 0 atom stereocenters. The van der Waals surface area contributed by atoms with Gasteiger partial charge in [0.2, 0.25) is 0 Å². The van der Waals surface area contributed by atoms with E-state index in [0.717, 1.165) is 12.1 Å². The zero-order chi connectivity index (χ0) is 20.1. The second-order valence-electron chi connectivity index (χ2n) is 5.46. The molecule has 0 bridgehead atoms. The number of rotatable bonds is 2. The van der Waals surface area contributed by atoms with Crippen molar-refractivity contribution in [2.45, 2.75) is 6.18 Å². The van der Waals surface area contributed by atoms with Crippen LogP contribution in [0.1, 0.15) is 11.1 Å². The highest BCUT2D eigenvalue weighted by atomic mass is 35.5. The van der Waals surface area contributed by atoms with Crippen molar-refractivity contribution in [1.29, 1.82) is 0 Å². The summed E-state index contributed by atoms with van der Waals surface area (Å²) in [5.74, 6) is -3.15. The van der Waals surface area contributed by atoms with Crippen LogP contribution in [0.4, 0.5) is 18.9 Å². The van der Waals surface area contributed by atoms with E-state index in [1.165, 1.54) is 18.2 Å². The van der Waals surface area contributed by atoms with E-state index >= 15 is 0 Å². The number of hydrogen-bond donors (Lipinski definition) is 1. The molecular weight excluding hydrogens is 430 g/mol. The first-order valence-corrected chi connectivity index (χ1v) is 8.30. The van der Waals surface area contributed by atoms with E-state index in [9.17, 15) is 27.9 Å². The fraction of sp³-hybridized carbons (Fsp3) is 0.0588. The summed E-state index contributed by atoms with van der Waals surface area (Å²) in [4.78, 5) is 25.4. The van der Waals surface area contributed by atoms with E-state index in [2.05, 4.69) is 0 Å². The van der Waals surface area contributed by atoms with Crippen LogP contribution in [0.25, 0.3) is 5.57 Å². The van der Waals surface area contributed by atoms with Crippen molar-refractivity contribution in [2.24, 2.45) is 0 Å². The molecule has 0 aromatic heterocycles. The van der Waals surface area contributed by atoms with Gasteiger partial charge in [-0.3, -0.25) is 9.59 Å². The molecule has 3 rings (SSSR count). The first-order valence-electron chi connectivity index (χ1n) is 7.16. The first kappa shape index (κ1) is 19.5. The molecule has 1 aliphatic heterocycles. The standard InChI is InChI=1S/C17H7Cl3F3NO3/c18-7-1-3-9(12(20)5-7)13-14(25)16(27)24(15(13)26)8-2-4-11(19)10(6-8)17(21,22)23/h1-6,25H. The molecule has 2 amide bonds. The monoisotopic (exact) mass is 435 g/mol. The van der Waals surface area contributed by atoms with Gasteiger partial charge in [0, 0.05) is 10.6 Å². The Morgan fingerprint density at radius 2 is 1.56 bits per heavy atom. The van der Waals surface area contributed by atoms with Crippen molar-refractivity contribution in [3.63, 3.8) is 0 Å². The average molecular weight is 437 g/mol. The molecule has 0 saturated carbocycles. The number of alkyl halides is 3. The average Bonchev–Trinajstić information content (AvgIpc) is 2.78. The summed E-state index contributed by atoms with van der Waals surface area (Å²) in [7, 11) is 0. The van der Waals surface area contributed by atoms with Crippen molar-refractivity contribution in [3.8, 4) is 0 Å². The van der Waals surface area contributed by atoms with E-state index in [0.29, 0.717) is 11.0 Å². The van der Waals surface area contributed by atoms with Gasteiger partial charge in [0.05, 0.1) is 26.9 Å². The molecule has 0 saturated heterocycles. The summed E-state index contributed by atoms with van der Waals surface area (Å²) in [5.41, 5.74) is -2.04. The van der Waals surface area contributed by atoms with Crippen molar-refractivity contribution >= 4 is 57.9 Å². The third-order valence-electron chi connectivity index (χ3n) is 3.77. The zero-order valence-corrected chi connectivity index (χ0v) is 15.2. The minimum Gasteiger partial charge on any atom is -0.502 e. The van der Waals surface area contributed by atoms with Crippen LogP contribution in [0.3, 0.4) is 0 Å². The Balaban J connectivity index is 2.09. The summed E-state index contributed by atoms with van der Waals surface area (Å²) in [5, 5.41) is 9.76. The fourth-order valence-electron chi connectivity index (χ4n) is 2.56. The van der Waals surface area contributed by atoms with E-state index in [1.54, 1.807) is 0 Å². The summed E-state index contributed by atoms with van der Waals surface area (Å²) < 4.78 is 39.2. The third-order valence-corrected chi connectivity index (χ3v) is 4.65. The predicted octanol–water partition coefficient (Wildman–Crippen LogP) is 5.51. The van der Waals surface area contributed by atoms with Crippen molar-refractivity contribution in [1.82, 2.24) is 0 Å². The lowest BCUT2D eigenvalue weighted by molar-refractivity contribution is -0.137. The van der Waals surface area contributed by atoms with Gasteiger partial charge in [0.15, 0.2) is 5.76 Å². The number of hydrogen-bond acceptors (Lipinski definition) is 3. The minimum atomic E-state index is -4.79. The Morgan fingerprint density at radius 3 is 2.15 bits per heavy atom. The number of imide groups is 1. The Morgan fingerprint density at radius 1 is 0.889 bits per heavy atom. The molecule has 0 unspecified atom stereocenters. The summed E-state index contributed by atoms with van der Waals surface area (Å²) in [6, 6.07) is 6.51. The molecule has 2 aromatic rings. The van der Waals surface area contributed by atoms with Gasteiger partial charge in [-0.15, -0.1) is 0 Å². The van der Waals surface area contributed by atoms with Crippen LogP contribution in [-0.2, 0) is 15.8 Å². The van der Waals surface area contributed by atoms with Gasteiger partial charge in [0.1, 0.15) is 0 Å². The summed E-state index contributed by atoms with van der Waals surface area (Å²) in [6.07, 6.45) is -4.79. The van der Waals surface area contributed by atoms with Crippen LogP contribution in [-0.4, -0.2) is 16.9 Å². The van der Waals surface area contributed by atoms with E-state index in [4.69, 9.17) is 34.8 Å². The zero-order valence-electron chi connectivity index (χ0n) is 12.9. The smallest absolute Gasteiger partial charge is 0.417 e. The maximum Gasteiger partial charge on any atom is 0.417 e. The molecule has 1 N–H and O–H groups in total. The molecule has 1 aliphatic rings. The van der Waals surface area contributed by atoms with Gasteiger partial charge in [-0.2, -0.15) is 13.2 Å². The molecule has 0 spiro atoms. The lowest BCUT2D eigenvalue weighted by atomic mass is 10.1. The number of amides is 2. The summed E-state index contributed by atoms with van der Waals surface area (Å²) >= 11 is 17.3. The number of carbonyl (C=O) groups excluding carboxylic acids is 2. The Hall–Kier alpha value is -2.22. The molecule has 0 aliphatic carbocycles. The molecule has 4 nitrogen and oxygen atoms in total. The van der Waals surface area contributed by atoms with Crippen molar-refractivity contribution in [2.75, 3.05) is 4.90 Å². The van der Waals surface area contributed by atoms with Gasteiger partial charge in [-0.25, -0.2) is 4.90 Å². The molecule has 0 radical (unpaired) electrons. The lowest BCUT2D eigenvalue weighted by Crippen LogP contribution is -2.31. The molecule has 1 heterocycles. The van der Waals surface area contributed by atoms with Crippen molar-refractivity contribution < 1.29 is 27.9 Å². The number of benzene rings is 2. The van der Waals surface area contributed by atoms with Crippen LogP contribution < -0.4 is 4.90 Å². The highest BCUT2D eigenvalue weighted by Gasteiger charge is 2.42. The quantitative estimate of drug-likeness (QED) is 0.632. The number of carbonyl (C=O) groups is 2. The SMILES string of the molecule is O=C1C(O)=C(c2ccc(Cl)cc2Cl)C(=O)N1c1ccc(Cl)c(C(F)(F)F)c1. The van der Waals surface area contributed by atoms with Gasteiger partial charge >= 0.3 is 12.1 Å². The molecule has 10 heteroatoms. The molecule has 2 aromatic carbocycles. The molecule has 140 valence electrons. The lowest BCUT2D eigenvalue weighted by Gasteiger charge is -2.17. The summed E-state index contributed by atoms with van der Waals surface area (Å²) in [6.45, 7) is 0. The topological polar surface area (TPSA) is 57.6 Å². The fourth-order valence-corrected chi connectivity index (χ4v) is 3.28. The second-order valence-corrected chi connectivity index (χ2v) is 6.71. The Bertz CT molecular complexity index is 1020. The van der Waals surface area contributed by atoms with Crippen LogP contribution in [0, 0.1) is 0 Å². The van der Waals surface area contributed by atoms with Gasteiger partial charge in [0.25, 0.3) is 5.91 Å². The molecule has 0 fully saturated rings. The van der Waals surface area contributed by atoms with Crippen LogP contribution >= 0.6 is 34.8 Å². The van der Waals surface area contributed by atoms with Crippen LogP contribution in [0.2, 0.25) is 15.1 Å². The molecule has 27 heavy (non-hydrogen) atoms. The van der Waals surface area contributed by atoms with E-state index in [-0.39, 0.29) is 15.6 Å². The second kappa shape index (κ2) is 6.74. The largest absolute Gasteiger partial charge is 0.502 e. The normalized spacial score (nSPS) is 15.1. The highest BCUT2D eigenvalue weighted by molar-refractivity contribution is 6.47.